The molecule has 1 heterocycles. The highest BCUT2D eigenvalue weighted by atomic mass is 16.5. The molecule has 3 nitrogen and oxygen atoms in total. The second-order valence-electron chi connectivity index (χ2n) is 3.25. The van der Waals surface area contributed by atoms with Gasteiger partial charge in [0.1, 0.15) is 0 Å². The SMILES string of the molecule is [CH2]C1(C(=O)OCC)CCNCC1. The number of hydrogen-bond donors (Lipinski definition) is 1. The molecule has 1 fully saturated rings. The first-order valence-electron chi connectivity index (χ1n) is 4.42. The van der Waals surface area contributed by atoms with Crippen molar-refractivity contribution in [2.45, 2.75) is 19.8 Å². The zero-order valence-electron chi connectivity index (χ0n) is 7.56. The molecule has 0 bridgehead atoms. The minimum atomic E-state index is -0.485. The summed E-state index contributed by atoms with van der Waals surface area (Å²) >= 11 is 0. The zero-order chi connectivity index (χ0) is 9.03. The number of carbonyl (C=O) groups is 1. The van der Waals surface area contributed by atoms with E-state index >= 15 is 0 Å². The van der Waals surface area contributed by atoms with Crippen LogP contribution >= 0.6 is 0 Å². The second-order valence-corrected chi connectivity index (χ2v) is 3.25. The normalized spacial score (nSPS) is 21.8. The fourth-order valence-corrected chi connectivity index (χ4v) is 1.39. The van der Waals surface area contributed by atoms with Crippen molar-refractivity contribution in [3.63, 3.8) is 0 Å². The van der Waals surface area contributed by atoms with E-state index in [1.54, 1.807) is 0 Å². The molecule has 1 N–H and O–H groups in total. The van der Waals surface area contributed by atoms with Crippen LogP contribution < -0.4 is 5.32 Å². The summed E-state index contributed by atoms with van der Waals surface area (Å²) in [6.07, 6.45) is 1.57. The lowest BCUT2D eigenvalue weighted by molar-refractivity contribution is -0.154. The number of carbonyl (C=O) groups excluding carboxylic acids is 1. The summed E-state index contributed by atoms with van der Waals surface area (Å²) in [5.41, 5.74) is -0.485. The van der Waals surface area contributed by atoms with Gasteiger partial charge in [0.15, 0.2) is 0 Å². The van der Waals surface area contributed by atoms with Crippen LogP contribution in [0.3, 0.4) is 0 Å². The average molecular weight is 170 g/mol. The molecule has 0 aromatic rings. The van der Waals surface area contributed by atoms with E-state index < -0.39 is 5.41 Å². The lowest BCUT2D eigenvalue weighted by Gasteiger charge is -2.31. The van der Waals surface area contributed by atoms with Crippen molar-refractivity contribution < 1.29 is 9.53 Å². The Morgan fingerprint density at radius 2 is 2.17 bits per heavy atom. The maximum atomic E-state index is 11.4. The number of ether oxygens (including phenoxy) is 1. The minimum absolute atomic E-state index is 0.147. The molecule has 0 aliphatic carbocycles. The lowest BCUT2D eigenvalue weighted by atomic mass is 9.81. The Bertz CT molecular complexity index is 162. The second kappa shape index (κ2) is 3.90. The summed E-state index contributed by atoms with van der Waals surface area (Å²) in [7, 11) is 0. The van der Waals surface area contributed by atoms with E-state index in [4.69, 9.17) is 4.74 Å². The Hall–Kier alpha value is -0.570. The molecular weight excluding hydrogens is 154 g/mol. The van der Waals surface area contributed by atoms with Crippen LogP contribution in [0, 0.1) is 12.3 Å². The summed E-state index contributed by atoms with van der Waals surface area (Å²) in [4.78, 5) is 11.4. The number of esters is 1. The number of nitrogens with one attached hydrogen (secondary N) is 1. The Labute approximate surface area is 73.5 Å². The van der Waals surface area contributed by atoms with E-state index in [9.17, 15) is 4.79 Å². The smallest absolute Gasteiger partial charge is 0.312 e. The topological polar surface area (TPSA) is 38.3 Å². The van der Waals surface area contributed by atoms with Crippen LogP contribution in [-0.4, -0.2) is 25.7 Å². The third kappa shape index (κ3) is 1.97. The van der Waals surface area contributed by atoms with Gasteiger partial charge in [-0.3, -0.25) is 4.79 Å². The average Bonchev–Trinajstić information content (AvgIpc) is 2.06. The van der Waals surface area contributed by atoms with Gasteiger partial charge in [0, 0.05) is 0 Å². The molecule has 0 saturated carbocycles. The van der Waals surface area contributed by atoms with Crippen molar-refractivity contribution in [2.24, 2.45) is 5.41 Å². The zero-order valence-corrected chi connectivity index (χ0v) is 7.56. The van der Waals surface area contributed by atoms with Crippen LogP contribution in [0.25, 0.3) is 0 Å². The quantitative estimate of drug-likeness (QED) is 0.622. The van der Waals surface area contributed by atoms with Crippen LogP contribution in [0.5, 0.6) is 0 Å². The fraction of sp³-hybridized carbons (Fsp3) is 0.778. The molecule has 1 rings (SSSR count). The largest absolute Gasteiger partial charge is 0.466 e. The molecule has 0 spiro atoms. The van der Waals surface area contributed by atoms with Gasteiger partial charge in [-0.1, -0.05) is 0 Å². The van der Waals surface area contributed by atoms with Crippen LogP contribution in [-0.2, 0) is 9.53 Å². The van der Waals surface area contributed by atoms with Crippen molar-refractivity contribution in [2.75, 3.05) is 19.7 Å². The highest BCUT2D eigenvalue weighted by Crippen LogP contribution is 2.28. The molecular formula is C9H16NO2. The standard InChI is InChI=1S/C9H16NO2/c1-3-12-8(11)9(2)4-6-10-7-5-9/h10H,2-7H2,1H3. The van der Waals surface area contributed by atoms with Gasteiger partial charge < -0.3 is 10.1 Å². The molecule has 12 heavy (non-hydrogen) atoms. The van der Waals surface area contributed by atoms with Crippen LogP contribution in [0.4, 0.5) is 0 Å². The third-order valence-electron chi connectivity index (χ3n) is 2.27. The van der Waals surface area contributed by atoms with Gasteiger partial charge in [-0.2, -0.15) is 0 Å². The molecule has 0 amide bonds. The fourth-order valence-electron chi connectivity index (χ4n) is 1.39. The summed E-state index contributed by atoms with van der Waals surface area (Å²) in [6.45, 7) is 7.93. The van der Waals surface area contributed by atoms with E-state index in [2.05, 4.69) is 12.2 Å². The van der Waals surface area contributed by atoms with Crippen molar-refractivity contribution in [3.8, 4) is 0 Å². The first-order chi connectivity index (χ1) is 5.69. The monoisotopic (exact) mass is 170 g/mol. The molecule has 0 atom stereocenters. The van der Waals surface area contributed by atoms with E-state index in [1.165, 1.54) is 0 Å². The molecule has 3 heteroatoms. The predicted octanol–water partition coefficient (Wildman–Crippen LogP) is 0.753. The van der Waals surface area contributed by atoms with Crippen molar-refractivity contribution in [1.82, 2.24) is 5.32 Å². The van der Waals surface area contributed by atoms with Crippen LogP contribution in [0.15, 0.2) is 0 Å². The highest BCUT2D eigenvalue weighted by Gasteiger charge is 2.35. The van der Waals surface area contributed by atoms with E-state index in [0.717, 1.165) is 25.9 Å². The predicted molar refractivity (Wildman–Crippen MR) is 46.5 cm³/mol. The van der Waals surface area contributed by atoms with Gasteiger partial charge in [-0.15, -0.1) is 0 Å². The summed E-state index contributed by atoms with van der Waals surface area (Å²) in [6, 6.07) is 0. The first-order valence-corrected chi connectivity index (χ1v) is 4.42. The van der Waals surface area contributed by atoms with E-state index in [1.807, 2.05) is 6.92 Å². The highest BCUT2D eigenvalue weighted by molar-refractivity contribution is 5.77. The number of hydrogen-bond acceptors (Lipinski definition) is 3. The molecule has 1 saturated heterocycles. The van der Waals surface area contributed by atoms with Crippen molar-refractivity contribution in [1.29, 1.82) is 0 Å². The first kappa shape index (κ1) is 9.52. The maximum Gasteiger partial charge on any atom is 0.312 e. The minimum Gasteiger partial charge on any atom is -0.466 e. The molecule has 1 radical (unpaired) electrons. The lowest BCUT2D eigenvalue weighted by Crippen LogP contribution is -2.41. The van der Waals surface area contributed by atoms with Gasteiger partial charge in [-0.05, 0) is 39.8 Å². The Kier molecular flexibility index (Phi) is 3.09. The van der Waals surface area contributed by atoms with Crippen molar-refractivity contribution >= 4 is 5.97 Å². The molecule has 0 unspecified atom stereocenters. The maximum absolute atomic E-state index is 11.4. The molecule has 0 aromatic heterocycles. The number of rotatable bonds is 2. The van der Waals surface area contributed by atoms with Gasteiger partial charge in [-0.25, -0.2) is 0 Å². The van der Waals surface area contributed by atoms with Gasteiger partial charge >= 0.3 is 5.97 Å². The van der Waals surface area contributed by atoms with Crippen LogP contribution in [0.1, 0.15) is 19.8 Å². The van der Waals surface area contributed by atoms with E-state index in [-0.39, 0.29) is 5.97 Å². The van der Waals surface area contributed by atoms with E-state index in [0.29, 0.717) is 6.61 Å². The third-order valence-corrected chi connectivity index (χ3v) is 2.27. The number of piperidine rings is 1. The molecule has 1 aliphatic rings. The Balaban J connectivity index is 2.50. The molecule has 69 valence electrons. The Morgan fingerprint density at radius 3 is 2.67 bits per heavy atom. The summed E-state index contributed by atoms with van der Waals surface area (Å²) in [5, 5.41) is 3.19. The van der Waals surface area contributed by atoms with Gasteiger partial charge in [0.2, 0.25) is 0 Å². The van der Waals surface area contributed by atoms with Crippen LogP contribution in [0.2, 0.25) is 0 Å². The molecule has 0 aromatic carbocycles. The summed E-state index contributed by atoms with van der Waals surface area (Å²) in [5.74, 6) is -0.147. The van der Waals surface area contributed by atoms with Gasteiger partial charge in [0.25, 0.3) is 0 Å². The summed E-state index contributed by atoms with van der Waals surface area (Å²) < 4.78 is 4.96. The molecule has 1 aliphatic heterocycles. The van der Waals surface area contributed by atoms with Gasteiger partial charge in [0.05, 0.1) is 12.0 Å². The van der Waals surface area contributed by atoms with Crippen molar-refractivity contribution in [3.05, 3.63) is 6.92 Å². The Morgan fingerprint density at radius 1 is 1.58 bits per heavy atom.